The number of aromatic nitrogens is 2. The average molecular weight is 853 g/mol. The van der Waals surface area contributed by atoms with Crippen LogP contribution in [0.1, 0.15) is 127 Å². The highest BCUT2D eigenvalue weighted by molar-refractivity contribution is 8.76. The Hall–Kier alpha value is -0.886. The van der Waals surface area contributed by atoms with Crippen molar-refractivity contribution in [2.24, 2.45) is 0 Å². The van der Waals surface area contributed by atoms with E-state index in [9.17, 15) is 0 Å². The molecule has 0 spiro atoms. The van der Waals surface area contributed by atoms with E-state index >= 15 is 0 Å². The Bertz CT molecular complexity index is 1400. The lowest BCUT2D eigenvalue weighted by Crippen LogP contribution is -2.50. The fourth-order valence-electron chi connectivity index (χ4n) is 6.05. The van der Waals surface area contributed by atoms with Gasteiger partial charge in [-0.3, -0.25) is 0 Å². The van der Waals surface area contributed by atoms with E-state index in [1.807, 2.05) is 21.6 Å². The SMILES string of the molecule is CCCO[Si](OCCC)(OCCC)C(C)CC(SSC(CC(C)[Si](OCCC)(OCCC)OCCC)c1nc2ccccc2s1)c1nc2ccccc2s1. The largest absolute Gasteiger partial charge is 0.504 e. The number of fused-ring (bicyclic) bond motifs is 2. The summed E-state index contributed by atoms with van der Waals surface area (Å²) in [4.78, 5) is 10.5. The van der Waals surface area contributed by atoms with Crippen molar-refractivity contribution in [2.75, 3.05) is 39.6 Å². The summed E-state index contributed by atoms with van der Waals surface area (Å²) in [5, 5.41) is 2.39. The maximum atomic E-state index is 6.67. The standard InChI is InChI=1S/C40H64N2O6S4Si2/c1-9-23-43-53(44-24-10-2,45-25-11-3)31(7)29-37(39-41-33-19-15-17-21-35(33)49-39)51-52-38(40-42-34-20-16-18-22-36(34)50-40)30-32(8)54(46-26-12-4,47-27-13-5)48-28-14-6/h15-22,31-32,37-38H,9-14,23-30H2,1-8H3. The molecule has 4 rings (SSSR count). The van der Waals surface area contributed by atoms with Crippen LogP contribution in [0.3, 0.4) is 0 Å². The molecule has 2 heterocycles. The van der Waals surface area contributed by atoms with E-state index in [-0.39, 0.29) is 21.6 Å². The van der Waals surface area contributed by atoms with Crippen LogP contribution in [-0.4, -0.2) is 67.2 Å². The van der Waals surface area contributed by atoms with Gasteiger partial charge in [0.25, 0.3) is 0 Å². The molecule has 0 saturated heterocycles. The van der Waals surface area contributed by atoms with Gasteiger partial charge < -0.3 is 26.6 Å². The summed E-state index contributed by atoms with van der Waals surface area (Å²) in [6, 6.07) is 16.9. The first-order valence-corrected chi connectivity index (χ1v) is 27.7. The summed E-state index contributed by atoms with van der Waals surface area (Å²) >= 11 is 3.58. The van der Waals surface area contributed by atoms with E-state index in [0.29, 0.717) is 39.6 Å². The highest BCUT2D eigenvalue weighted by Gasteiger charge is 2.50. The molecule has 54 heavy (non-hydrogen) atoms. The second kappa shape index (κ2) is 24.1. The van der Waals surface area contributed by atoms with E-state index in [0.717, 1.165) is 72.4 Å². The van der Waals surface area contributed by atoms with Gasteiger partial charge in [-0.15, -0.1) is 22.7 Å². The summed E-state index contributed by atoms with van der Waals surface area (Å²) in [5.74, 6) is 0. The Kier molecular flexibility index (Phi) is 20.5. The number of nitrogens with zero attached hydrogens (tertiary/aromatic N) is 2. The highest BCUT2D eigenvalue weighted by atomic mass is 33.1. The molecule has 0 aliphatic heterocycles. The van der Waals surface area contributed by atoms with Gasteiger partial charge in [0.15, 0.2) is 0 Å². The third-order valence-electron chi connectivity index (χ3n) is 8.85. The van der Waals surface area contributed by atoms with Crippen LogP contribution in [0.2, 0.25) is 11.1 Å². The first-order chi connectivity index (χ1) is 26.3. The Morgan fingerprint density at radius 3 is 1.07 bits per heavy atom. The molecule has 0 fully saturated rings. The van der Waals surface area contributed by atoms with Crippen molar-refractivity contribution in [3.8, 4) is 0 Å². The molecule has 4 aromatic rings. The van der Waals surface area contributed by atoms with Crippen LogP contribution in [0.15, 0.2) is 48.5 Å². The minimum atomic E-state index is -3.03. The monoisotopic (exact) mass is 852 g/mol. The molecule has 302 valence electrons. The first kappa shape index (κ1) is 45.8. The van der Waals surface area contributed by atoms with Gasteiger partial charge >= 0.3 is 17.6 Å². The van der Waals surface area contributed by atoms with Crippen molar-refractivity contribution in [2.45, 2.75) is 128 Å². The minimum absolute atomic E-state index is 0.0690. The molecule has 0 N–H and O–H groups in total. The zero-order valence-corrected chi connectivity index (χ0v) is 39.1. The lowest BCUT2D eigenvalue weighted by Gasteiger charge is -2.36. The molecule has 0 bridgehead atoms. The average Bonchev–Trinajstić information content (AvgIpc) is 3.83. The quantitative estimate of drug-likeness (QED) is 0.0389. The van der Waals surface area contributed by atoms with Gasteiger partial charge in [-0.1, -0.05) is 101 Å². The second-order valence-electron chi connectivity index (χ2n) is 13.8. The number of benzene rings is 2. The fraction of sp³-hybridized carbons (Fsp3) is 0.650. The summed E-state index contributed by atoms with van der Waals surface area (Å²) < 4.78 is 42.4. The predicted octanol–water partition coefficient (Wildman–Crippen LogP) is 13.1. The highest BCUT2D eigenvalue weighted by Crippen LogP contribution is 2.55. The molecule has 4 atom stereocenters. The Labute approximate surface area is 343 Å². The lowest BCUT2D eigenvalue weighted by molar-refractivity contribution is 0.0493. The van der Waals surface area contributed by atoms with Gasteiger partial charge in [-0.05, 0) is 75.6 Å². The molecule has 4 unspecified atom stereocenters. The summed E-state index contributed by atoms with van der Waals surface area (Å²) in [7, 11) is -2.25. The van der Waals surface area contributed by atoms with E-state index in [4.69, 9.17) is 36.5 Å². The maximum absolute atomic E-state index is 6.67. The molecular weight excluding hydrogens is 789 g/mol. The molecule has 0 aliphatic rings. The molecule has 0 saturated carbocycles. The number of hydrogen-bond acceptors (Lipinski definition) is 12. The van der Waals surface area contributed by atoms with Crippen LogP contribution in [0, 0.1) is 0 Å². The number of rotatable bonds is 29. The van der Waals surface area contributed by atoms with Crippen molar-refractivity contribution in [1.82, 2.24) is 9.97 Å². The van der Waals surface area contributed by atoms with Crippen LogP contribution < -0.4 is 0 Å². The molecular formula is C40H64N2O6S4Si2. The molecule has 0 aliphatic carbocycles. The number of para-hydroxylation sites is 2. The van der Waals surface area contributed by atoms with Crippen molar-refractivity contribution < 1.29 is 26.6 Å². The third kappa shape index (κ3) is 12.8. The van der Waals surface area contributed by atoms with Gasteiger partial charge in [0.2, 0.25) is 0 Å². The summed E-state index contributed by atoms with van der Waals surface area (Å²) in [6.45, 7) is 21.2. The summed E-state index contributed by atoms with van der Waals surface area (Å²) in [6.07, 6.45) is 7.12. The normalized spacial score (nSPS) is 14.9. The molecule has 8 nitrogen and oxygen atoms in total. The van der Waals surface area contributed by atoms with E-state index < -0.39 is 17.6 Å². The van der Waals surface area contributed by atoms with Gasteiger partial charge in [0.05, 0.1) is 30.9 Å². The van der Waals surface area contributed by atoms with Crippen molar-refractivity contribution in [3.63, 3.8) is 0 Å². The fourth-order valence-corrected chi connectivity index (χ4v) is 18.5. The van der Waals surface area contributed by atoms with E-state index in [1.54, 1.807) is 22.7 Å². The van der Waals surface area contributed by atoms with Crippen LogP contribution in [-0.2, 0) is 26.6 Å². The second-order valence-corrected chi connectivity index (χ2v) is 24.7. The van der Waals surface area contributed by atoms with Gasteiger partial charge in [0, 0.05) is 50.7 Å². The Morgan fingerprint density at radius 1 is 0.500 bits per heavy atom. The van der Waals surface area contributed by atoms with Crippen LogP contribution in [0.5, 0.6) is 0 Å². The lowest BCUT2D eigenvalue weighted by atomic mass is 10.2. The zero-order chi connectivity index (χ0) is 38.8. The van der Waals surface area contributed by atoms with Crippen LogP contribution in [0.4, 0.5) is 0 Å². The van der Waals surface area contributed by atoms with Crippen molar-refractivity contribution >= 4 is 82.3 Å². The number of hydrogen-bond donors (Lipinski definition) is 0. The summed E-state index contributed by atoms with van der Waals surface area (Å²) in [5.41, 5.74) is 2.22. The van der Waals surface area contributed by atoms with Gasteiger partial charge in [0.1, 0.15) is 10.0 Å². The molecule has 0 radical (unpaired) electrons. The van der Waals surface area contributed by atoms with Crippen LogP contribution in [0.25, 0.3) is 20.4 Å². The zero-order valence-electron chi connectivity index (χ0n) is 33.8. The Morgan fingerprint density at radius 2 is 0.796 bits per heavy atom. The van der Waals surface area contributed by atoms with Crippen molar-refractivity contribution in [1.29, 1.82) is 0 Å². The van der Waals surface area contributed by atoms with Gasteiger partial charge in [-0.25, -0.2) is 9.97 Å². The smallest absolute Gasteiger partial charge is 0.373 e. The number of thiazole rings is 2. The van der Waals surface area contributed by atoms with Gasteiger partial charge in [-0.2, -0.15) is 0 Å². The molecule has 14 heteroatoms. The topological polar surface area (TPSA) is 81.2 Å². The van der Waals surface area contributed by atoms with Crippen LogP contribution >= 0.6 is 44.3 Å². The van der Waals surface area contributed by atoms with E-state index in [1.165, 1.54) is 9.40 Å². The first-order valence-electron chi connectivity index (χ1n) is 20.1. The molecule has 2 aromatic carbocycles. The molecule has 0 amide bonds. The minimum Gasteiger partial charge on any atom is -0.373 e. The van der Waals surface area contributed by atoms with E-state index in [2.05, 4.69) is 104 Å². The predicted molar refractivity (Wildman–Crippen MR) is 237 cm³/mol. The Balaban J connectivity index is 1.73. The maximum Gasteiger partial charge on any atom is 0.504 e. The third-order valence-corrected chi connectivity index (χ3v) is 21.1. The van der Waals surface area contributed by atoms with Crippen molar-refractivity contribution in [3.05, 3.63) is 58.5 Å². The molecule has 2 aromatic heterocycles.